The highest BCUT2D eigenvalue weighted by Crippen LogP contribution is 2.63. The second-order valence-electron chi connectivity index (χ2n) is 4.92. The molecule has 0 bridgehead atoms. The molecule has 0 aromatic heterocycles. The maximum atomic E-state index is 12.8. The fraction of sp³-hybridized carbons (Fsp3) is 0.500. The van der Waals surface area contributed by atoms with E-state index in [-0.39, 0.29) is 0 Å². The number of hydrogen-bond acceptors (Lipinski definition) is 2. The van der Waals surface area contributed by atoms with Crippen LogP contribution in [0.3, 0.4) is 0 Å². The second-order valence-corrected chi connectivity index (χ2v) is 10.0. The van der Waals surface area contributed by atoms with Crippen molar-refractivity contribution in [2.45, 2.75) is 32.4 Å². The van der Waals surface area contributed by atoms with Crippen LogP contribution < -0.4 is 5.32 Å². The van der Waals surface area contributed by atoms with Crippen molar-refractivity contribution in [3.8, 4) is 0 Å². The topological polar surface area (TPSA) is 44.7 Å². The largest absolute Gasteiger partial charge is 0.346 e. The van der Waals surface area contributed by atoms with Crippen LogP contribution in [-0.4, -0.2) is 30.4 Å². The molecule has 0 aliphatic rings. The van der Waals surface area contributed by atoms with Crippen LogP contribution in [-0.2, 0) is 4.57 Å². The van der Waals surface area contributed by atoms with E-state index in [0.717, 1.165) is 12.1 Å². The molecule has 112 valence electrons. The summed E-state index contributed by atoms with van der Waals surface area (Å²) in [5.41, 5.74) is 2.15. The first-order valence-electron chi connectivity index (χ1n) is 6.71. The third-order valence-electron chi connectivity index (χ3n) is 2.88. The molecule has 0 saturated heterocycles. The van der Waals surface area contributed by atoms with E-state index in [1.54, 1.807) is 25.1 Å². The van der Waals surface area contributed by atoms with E-state index >= 15 is 0 Å². The third-order valence-corrected chi connectivity index (χ3v) is 8.44. The highest BCUT2D eigenvalue weighted by atomic mass is 32.7. The van der Waals surface area contributed by atoms with E-state index in [0.29, 0.717) is 5.25 Å². The van der Waals surface area contributed by atoms with Crippen molar-refractivity contribution in [3.63, 3.8) is 0 Å². The minimum Gasteiger partial charge on any atom is -0.346 e. The smallest absolute Gasteiger partial charge is 0.314 e. The molecular formula is C14H24N3OPS. The van der Waals surface area contributed by atoms with Crippen molar-refractivity contribution in [3.05, 3.63) is 29.8 Å². The van der Waals surface area contributed by atoms with E-state index in [4.69, 9.17) is 0 Å². The molecule has 1 aromatic carbocycles. The molecule has 6 heteroatoms. The van der Waals surface area contributed by atoms with Gasteiger partial charge in [-0.3, -0.25) is 4.57 Å². The van der Waals surface area contributed by atoms with Crippen LogP contribution in [0.1, 0.15) is 25.8 Å². The quantitative estimate of drug-likeness (QED) is 0.452. The zero-order valence-electron chi connectivity index (χ0n) is 12.8. The van der Waals surface area contributed by atoms with Crippen LogP contribution >= 0.6 is 18.0 Å². The minimum absolute atomic E-state index is 0.319. The molecular weight excluding hydrogens is 289 g/mol. The van der Waals surface area contributed by atoms with Crippen molar-refractivity contribution < 1.29 is 4.57 Å². The van der Waals surface area contributed by atoms with Gasteiger partial charge >= 0.3 is 6.65 Å². The van der Waals surface area contributed by atoms with E-state index in [1.165, 1.54) is 16.9 Å². The van der Waals surface area contributed by atoms with Gasteiger partial charge in [0.25, 0.3) is 0 Å². The number of nitrogens with one attached hydrogen (secondary N) is 1. The van der Waals surface area contributed by atoms with Gasteiger partial charge in [0.15, 0.2) is 0 Å². The first-order chi connectivity index (χ1) is 9.37. The summed E-state index contributed by atoms with van der Waals surface area (Å²) < 4.78 is 18.8. The van der Waals surface area contributed by atoms with Crippen molar-refractivity contribution in [2.75, 3.05) is 19.4 Å². The normalized spacial score (nSPS) is 16.3. The zero-order chi connectivity index (χ0) is 15.2. The Labute approximate surface area is 126 Å². The van der Waals surface area contributed by atoms with Gasteiger partial charge in [0.05, 0.1) is 6.34 Å². The molecule has 0 heterocycles. The molecule has 0 saturated carbocycles. The predicted octanol–water partition coefficient (Wildman–Crippen LogP) is 4.64. The number of anilines is 1. The molecule has 2 atom stereocenters. The number of aryl methyl sites for hydroxylation is 1. The Morgan fingerprint density at radius 1 is 1.40 bits per heavy atom. The lowest BCUT2D eigenvalue weighted by molar-refractivity contribution is 0.531. The van der Waals surface area contributed by atoms with E-state index in [9.17, 15) is 4.57 Å². The number of nitrogens with zero attached hydrogens (tertiary/aromatic N) is 2. The number of hydrogen-bond donors (Lipinski definition) is 1. The van der Waals surface area contributed by atoms with Gasteiger partial charge in [-0.25, -0.2) is 4.67 Å². The summed E-state index contributed by atoms with van der Waals surface area (Å²) in [6.07, 6.45) is 2.52. The van der Waals surface area contributed by atoms with Crippen LogP contribution in [0.5, 0.6) is 0 Å². The van der Waals surface area contributed by atoms with Gasteiger partial charge in [-0.15, -0.1) is 0 Å². The molecule has 1 aromatic rings. The monoisotopic (exact) mass is 313 g/mol. The summed E-state index contributed by atoms with van der Waals surface area (Å²) in [6, 6.07) is 8.00. The summed E-state index contributed by atoms with van der Waals surface area (Å²) in [5.74, 6) is 0. The molecule has 1 rings (SSSR count). The maximum absolute atomic E-state index is 12.8. The van der Waals surface area contributed by atoms with Crippen LogP contribution in [0.15, 0.2) is 29.0 Å². The Kier molecular flexibility index (Phi) is 6.80. The van der Waals surface area contributed by atoms with E-state index < -0.39 is 6.65 Å². The number of rotatable bonds is 7. The van der Waals surface area contributed by atoms with Gasteiger partial charge in [0.2, 0.25) is 0 Å². The average molecular weight is 313 g/mol. The van der Waals surface area contributed by atoms with E-state index in [2.05, 4.69) is 23.9 Å². The summed E-state index contributed by atoms with van der Waals surface area (Å²) in [5, 5.41) is 3.39. The van der Waals surface area contributed by atoms with Gasteiger partial charge in [-0.2, -0.15) is 4.76 Å². The van der Waals surface area contributed by atoms with Crippen LogP contribution in [0.25, 0.3) is 0 Å². The van der Waals surface area contributed by atoms with Gasteiger partial charge in [0.1, 0.15) is 0 Å². The van der Waals surface area contributed by atoms with Crippen molar-refractivity contribution >= 4 is 30.1 Å². The zero-order valence-corrected chi connectivity index (χ0v) is 14.5. The van der Waals surface area contributed by atoms with Crippen LogP contribution in [0.2, 0.25) is 0 Å². The summed E-state index contributed by atoms with van der Waals surface area (Å²) in [6.45, 7) is 3.45. The van der Waals surface area contributed by atoms with Gasteiger partial charge in [0, 0.05) is 10.9 Å². The van der Waals surface area contributed by atoms with Crippen LogP contribution in [0, 0.1) is 6.92 Å². The molecule has 20 heavy (non-hydrogen) atoms. The van der Waals surface area contributed by atoms with Crippen molar-refractivity contribution in [1.29, 1.82) is 0 Å². The fourth-order valence-corrected chi connectivity index (χ4v) is 5.36. The molecule has 0 aliphatic heterocycles. The maximum Gasteiger partial charge on any atom is 0.314 e. The Balaban J connectivity index is 2.72. The standard InChI is InChI=1S/C14H24N3OPS/c1-6-13(3)20-19(18,17(4)5)16-11-15-14-9-7-12(2)8-10-14/h7-11,13H,6H2,1-5H3,(H,15,16,18). The third kappa shape index (κ3) is 5.31. The lowest BCUT2D eigenvalue weighted by atomic mass is 10.2. The molecule has 0 fully saturated rings. The molecule has 4 nitrogen and oxygen atoms in total. The van der Waals surface area contributed by atoms with Crippen LogP contribution in [0.4, 0.5) is 5.69 Å². The molecule has 0 aliphatic carbocycles. The summed E-state index contributed by atoms with van der Waals surface area (Å²) >= 11 is 1.44. The van der Waals surface area contributed by atoms with Gasteiger partial charge in [-0.05, 0) is 39.6 Å². The lowest BCUT2D eigenvalue weighted by Crippen LogP contribution is -2.08. The highest BCUT2D eigenvalue weighted by Gasteiger charge is 2.26. The molecule has 0 spiro atoms. The lowest BCUT2D eigenvalue weighted by Gasteiger charge is -2.22. The average Bonchev–Trinajstić information content (AvgIpc) is 2.40. The minimum atomic E-state index is -2.75. The molecule has 2 unspecified atom stereocenters. The van der Waals surface area contributed by atoms with Crippen molar-refractivity contribution in [1.82, 2.24) is 4.67 Å². The Hall–Kier alpha value is -0.770. The number of benzene rings is 1. The van der Waals surface area contributed by atoms with Gasteiger partial charge < -0.3 is 5.32 Å². The van der Waals surface area contributed by atoms with Crippen molar-refractivity contribution in [2.24, 2.45) is 4.76 Å². The second kappa shape index (κ2) is 7.87. The first kappa shape index (κ1) is 17.3. The van der Waals surface area contributed by atoms with Gasteiger partial charge in [-0.1, -0.05) is 42.9 Å². The van der Waals surface area contributed by atoms with E-state index in [1.807, 2.05) is 31.2 Å². The molecule has 0 radical (unpaired) electrons. The highest BCUT2D eigenvalue weighted by molar-refractivity contribution is 8.57. The summed E-state index contributed by atoms with van der Waals surface area (Å²) in [4.78, 5) is 0. The Morgan fingerprint density at radius 2 is 2.00 bits per heavy atom. The predicted molar refractivity (Wildman–Crippen MR) is 91.9 cm³/mol. The molecule has 0 amide bonds. The SMILES string of the molecule is CCC(C)SP(=O)(N=CNc1ccc(C)cc1)N(C)C. The Bertz CT molecular complexity index is 488. The summed E-state index contributed by atoms with van der Waals surface area (Å²) in [7, 11) is 3.61. The Morgan fingerprint density at radius 3 is 2.50 bits per heavy atom. The fourth-order valence-electron chi connectivity index (χ4n) is 1.36. The first-order valence-corrected chi connectivity index (χ1v) is 9.80. The molecule has 1 N–H and O–H groups in total.